The highest BCUT2D eigenvalue weighted by molar-refractivity contribution is 7.80. The molecule has 7 nitrogen and oxygen atoms in total. The molecule has 3 aliphatic rings. The number of nitrogens with zero attached hydrogens (tertiary/aromatic N) is 2. The Balaban J connectivity index is 1.48. The first-order valence-corrected chi connectivity index (χ1v) is 9.02. The van der Waals surface area contributed by atoms with Crippen molar-refractivity contribution in [3.05, 3.63) is 29.5 Å². The number of benzene rings is 1. The Labute approximate surface area is 157 Å². The lowest BCUT2D eigenvalue weighted by Gasteiger charge is -2.36. The van der Waals surface area contributed by atoms with Gasteiger partial charge in [-0.25, -0.2) is 0 Å². The van der Waals surface area contributed by atoms with Crippen LogP contribution >= 0.6 is 12.2 Å². The van der Waals surface area contributed by atoms with Crippen molar-refractivity contribution in [2.45, 2.75) is 26.1 Å². The lowest BCUT2D eigenvalue weighted by molar-refractivity contribution is -0.126. The molecule has 2 saturated heterocycles. The van der Waals surface area contributed by atoms with Crippen LogP contribution in [-0.2, 0) is 9.53 Å². The zero-order chi connectivity index (χ0) is 18.3. The van der Waals surface area contributed by atoms with Crippen LogP contribution in [0.5, 0.6) is 11.5 Å². The predicted molar refractivity (Wildman–Crippen MR) is 99.6 cm³/mol. The number of rotatable bonds is 3. The Morgan fingerprint density at radius 2 is 1.96 bits per heavy atom. The van der Waals surface area contributed by atoms with E-state index >= 15 is 0 Å². The monoisotopic (exact) mass is 375 g/mol. The summed E-state index contributed by atoms with van der Waals surface area (Å²) in [5.74, 6) is 1.27. The molecule has 138 valence electrons. The van der Waals surface area contributed by atoms with Crippen molar-refractivity contribution in [2.24, 2.45) is 0 Å². The fourth-order valence-electron chi connectivity index (χ4n) is 3.47. The van der Waals surface area contributed by atoms with Crippen LogP contribution in [0.15, 0.2) is 23.9 Å². The van der Waals surface area contributed by atoms with Crippen LogP contribution in [0.3, 0.4) is 0 Å². The molecule has 1 aromatic rings. The summed E-state index contributed by atoms with van der Waals surface area (Å²) in [5, 5.41) is 3.45. The molecule has 0 spiro atoms. The summed E-state index contributed by atoms with van der Waals surface area (Å²) in [5.41, 5.74) is 1.31. The molecule has 0 bridgehead atoms. The molecule has 4 rings (SSSR count). The van der Waals surface area contributed by atoms with E-state index in [1.165, 1.54) is 0 Å². The normalized spacial score (nSPS) is 27.3. The van der Waals surface area contributed by atoms with Crippen LogP contribution in [0.25, 0.3) is 6.08 Å². The average molecular weight is 375 g/mol. The highest BCUT2D eigenvalue weighted by atomic mass is 32.1. The third kappa shape index (κ3) is 3.40. The van der Waals surface area contributed by atoms with Crippen LogP contribution in [0.2, 0.25) is 0 Å². The van der Waals surface area contributed by atoms with Gasteiger partial charge in [0.25, 0.3) is 5.91 Å². The van der Waals surface area contributed by atoms with Gasteiger partial charge in [-0.2, -0.15) is 0 Å². The summed E-state index contributed by atoms with van der Waals surface area (Å²) in [7, 11) is 0. The summed E-state index contributed by atoms with van der Waals surface area (Å²) in [6, 6.07) is 5.56. The second-order valence-electron chi connectivity index (χ2n) is 6.77. The van der Waals surface area contributed by atoms with Crippen molar-refractivity contribution in [2.75, 3.05) is 26.6 Å². The van der Waals surface area contributed by atoms with E-state index in [-0.39, 0.29) is 24.9 Å². The van der Waals surface area contributed by atoms with Gasteiger partial charge in [0.2, 0.25) is 6.79 Å². The van der Waals surface area contributed by atoms with Crippen LogP contribution in [0.4, 0.5) is 0 Å². The topological polar surface area (TPSA) is 63.3 Å². The van der Waals surface area contributed by atoms with Gasteiger partial charge in [0.15, 0.2) is 16.6 Å². The van der Waals surface area contributed by atoms with Crippen molar-refractivity contribution in [1.82, 2.24) is 15.1 Å². The fourth-order valence-corrected chi connectivity index (χ4v) is 3.72. The van der Waals surface area contributed by atoms with E-state index in [1.54, 1.807) is 11.0 Å². The third-order valence-corrected chi connectivity index (χ3v) is 4.83. The Kier molecular flexibility index (Phi) is 4.56. The number of thiocarbonyl (C=S) groups is 1. The first-order chi connectivity index (χ1) is 12.5. The average Bonchev–Trinajstić information content (AvgIpc) is 3.14. The molecule has 8 heteroatoms. The number of hydrogen-bond donors (Lipinski definition) is 1. The summed E-state index contributed by atoms with van der Waals surface area (Å²) in [6.07, 6.45) is 2.06. The number of ether oxygens (including phenoxy) is 3. The molecule has 2 fully saturated rings. The summed E-state index contributed by atoms with van der Waals surface area (Å²) >= 11 is 5.37. The van der Waals surface area contributed by atoms with Gasteiger partial charge in [-0.15, -0.1) is 0 Å². The number of morpholine rings is 1. The largest absolute Gasteiger partial charge is 0.454 e. The standard InChI is InChI=1S/C18H21N3O4S/c1-11-7-20(8-12(2)25-11)9-21-17(22)14(19-18(21)26)5-13-3-4-15-16(6-13)24-10-23-15/h3-6,11-12H,7-10H2,1-2H3,(H,19,26). The van der Waals surface area contributed by atoms with Gasteiger partial charge >= 0.3 is 0 Å². The van der Waals surface area contributed by atoms with Gasteiger partial charge in [0, 0.05) is 13.1 Å². The zero-order valence-corrected chi connectivity index (χ0v) is 15.5. The van der Waals surface area contributed by atoms with Crippen molar-refractivity contribution in [1.29, 1.82) is 0 Å². The number of carbonyl (C=O) groups is 1. The molecule has 1 amide bonds. The molecule has 0 aliphatic carbocycles. The maximum absolute atomic E-state index is 12.8. The van der Waals surface area contributed by atoms with Gasteiger partial charge < -0.3 is 19.5 Å². The minimum atomic E-state index is -0.125. The molecular weight excluding hydrogens is 354 g/mol. The van der Waals surface area contributed by atoms with E-state index in [0.717, 1.165) is 18.7 Å². The summed E-state index contributed by atoms with van der Waals surface area (Å²) in [6.45, 7) is 6.31. The Morgan fingerprint density at radius 3 is 2.73 bits per heavy atom. The molecule has 0 aromatic heterocycles. The number of hydrogen-bond acceptors (Lipinski definition) is 6. The Bertz CT molecular complexity index is 772. The minimum absolute atomic E-state index is 0.125. The zero-order valence-electron chi connectivity index (χ0n) is 14.7. The van der Waals surface area contributed by atoms with Crippen molar-refractivity contribution >= 4 is 29.3 Å². The number of fused-ring (bicyclic) bond motifs is 1. The van der Waals surface area contributed by atoms with Crippen molar-refractivity contribution in [3.8, 4) is 11.5 Å². The molecule has 26 heavy (non-hydrogen) atoms. The summed E-state index contributed by atoms with van der Waals surface area (Å²) < 4.78 is 16.4. The van der Waals surface area contributed by atoms with E-state index in [2.05, 4.69) is 10.2 Å². The van der Waals surface area contributed by atoms with Crippen LogP contribution in [-0.4, -0.2) is 59.6 Å². The fraction of sp³-hybridized carbons (Fsp3) is 0.444. The Morgan fingerprint density at radius 1 is 1.23 bits per heavy atom. The lowest BCUT2D eigenvalue weighted by Crippen LogP contribution is -2.51. The molecule has 3 heterocycles. The first kappa shape index (κ1) is 17.3. The highest BCUT2D eigenvalue weighted by Crippen LogP contribution is 2.33. The lowest BCUT2D eigenvalue weighted by atomic mass is 10.1. The molecule has 1 aromatic carbocycles. The second kappa shape index (κ2) is 6.86. The van der Waals surface area contributed by atoms with Gasteiger partial charge in [-0.05, 0) is 49.8 Å². The number of nitrogens with one attached hydrogen (secondary N) is 1. The van der Waals surface area contributed by atoms with E-state index in [1.807, 2.05) is 32.0 Å². The first-order valence-electron chi connectivity index (χ1n) is 8.61. The van der Waals surface area contributed by atoms with E-state index in [0.29, 0.717) is 29.0 Å². The van der Waals surface area contributed by atoms with Crippen molar-refractivity contribution < 1.29 is 19.0 Å². The smallest absolute Gasteiger partial charge is 0.277 e. The van der Waals surface area contributed by atoms with Gasteiger partial charge in [0.1, 0.15) is 5.70 Å². The van der Waals surface area contributed by atoms with Crippen molar-refractivity contribution in [3.63, 3.8) is 0 Å². The van der Waals surface area contributed by atoms with Gasteiger partial charge in [-0.1, -0.05) is 6.07 Å². The van der Waals surface area contributed by atoms with E-state index in [4.69, 9.17) is 26.4 Å². The molecular formula is C18H21N3O4S. The second-order valence-corrected chi connectivity index (χ2v) is 7.16. The van der Waals surface area contributed by atoms with E-state index < -0.39 is 0 Å². The minimum Gasteiger partial charge on any atom is -0.454 e. The predicted octanol–water partition coefficient (Wildman–Crippen LogP) is 1.54. The molecule has 3 aliphatic heterocycles. The highest BCUT2D eigenvalue weighted by Gasteiger charge is 2.33. The van der Waals surface area contributed by atoms with Crippen LogP contribution in [0, 0.1) is 0 Å². The summed E-state index contributed by atoms with van der Waals surface area (Å²) in [4.78, 5) is 16.6. The molecule has 0 saturated carbocycles. The number of carbonyl (C=O) groups excluding carboxylic acids is 1. The maximum atomic E-state index is 12.8. The third-order valence-electron chi connectivity index (χ3n) is 4.51. The molecule has 2 atom stereocenters. The van der Waals surface area contributed by atoms with Gasteiger partial charge in [0.05, 0.1) is 18.9 Å². The molecule has 2 unspecified atom stereocenters. The van der Waals surface area contributed by atoms with Gasteiger partial charge in [-0.3, -0.25) is 14.6 Å². The molecule has 1 N–H and O–H groups in total. The maximum Gasteiger partial charge on any atom is 0.277 e. The van der Waals surface area contributed by atoms with Crippen LogP contribution in [0.1, 0.15) is 19.4 Å². The van der Waals surface area contributed by atoms with E-state index in [9.17, 15) is 4.79 Å². The number of amides is 1. The SMILES string of the molecule is CC1CN(CN2C(=O)C(=Cc3ccc4c(c3)OCO4)NC2=S)CC(C)O1. The Hall–Kier alpha value is -2.16. The quantitative estimate of drug-likeness (QED) is 0.635. The molecule has 0 radical (unpaired) electrons. The van der Waals surface area contributed by atoms with Crippen LogP contribution < -0.4 is 14.8 Å².